The van der Waals surface area contributed by atoms with E-state index in [2.05, 4.69) is 39.5 Å². The minimum absolute atomic E-state index is 0. The van der Waals surface area contributed by atoms with Crippen molar-refractivity contribution in [3.63, 3.8) is 0 Å². The van der Waals surface area contributed by atoms with E-state index in [1.54, 1.807) is 6.20 Å². The third kappa shape index (κ3) is 5.07. The molecule has 1 fully saturated rings. The molecule has 0 radical (unpaired) electrons. The zero-order chi connectivity index (χ0) is 17.1. The van der Waals surface area contributed by atoms with Gasteiger partial charge in [0.05, 0.1) is 17.1 Å². The molecule has 1 amide bonds. The Morgan fingerprint density at radius 3 is 2.65 bits per heavy atom. The smallest absolute Gasteiger partial charge is 0.252 e. The number of hydrogen-bond donors (Lipinski definition) is 2. The molecule has 7 nitrogen and oxygen atoms in total. The molecule has 3 rings (SSSR count). The third-order valence-corrected chi connectivity index (χ3v) is 4.35. The van der Waals surface area contributed by atoms with Gasteiger partial charge in [-0.3, -0.25) is 9.69 Å². The maximum absolute atomic E-state index is 12.6. The van der Waals surface area contributed by atoms with E-state index in [0.717, 1.165) is 49.5 Å². The van der Waals surface area contributed by atoms with Gasteiger partial charge in [-0.2, -0.15) is 5.10 Å². The summed E-state index contributed by atoms with van der Waals surface area (Å²) < 4.78 is 1.86. The summed E-state index contributed by atoms with van der Waals surface area (Å²) in [5.41, 5.74) is 2.26. The van der Waals surface area contributed by atoms with Gasteiger partial charge in [0.2, 0.25) is 0 Å². The van der Waals surface area contributed by atoms with Gasteiger partial charge in [0.1, 0.15) is 0 Å². The van der Waals surface area contributed by atoms with Gasteiger partial charge in [-0.05, 0) is 26.8 Å². The van der Waals surface area contributed by atoms with E-state index in [-0.39, 0.29) is 36.8 Å². The normalized spacial score (nSPS) is 14.8. The highest BCUT2D eigenvalue weighted by atomic mass is 35.5. The predicted octanol–water partition coefficient (Wildman–Crippen LogP) is 1.80. The average Bonchev–Trinajstić information content (AvgIpc) is 2.98. The summed E-state index contributed by atoms with van der Waals surface area (Å²) in [5, 5.41) is 11.6. The van der Waals surface area contributed by atoms with Crippen molar-refractivity contribution in [1.29, 1.82) is 0 Å². The lowest BCUT2D eigenvalue weighted by molar-refractivity contribution is 0.0948. The van der Waals surface area contributed by atoms with Crippen LogP contribution < -0.4 is 10.6 Å². The largest absolute Gasteiger partial charge is 0.351 e. The number of halogens is 2. The number of aryl methyl sites for hydroxylation is 1. The predicted molar refractivity (Wildman–Crippen MR) is 109 cm³/mol. The lowest BCUT2D eigenvalue weighted by atomic mass is 10.1. The SMILES string of the molecule is Cc1cc(C(=O)NCCN2CCNCC2)c2cnn(C(C)C)c2n1.Cl.Cl. The molecule has 2 N–H and O–H groups in total. The Hall–Kier alpha value is -1.41. The average molecular weight is 403 g/mol. The van der Waals surface area contributed by atoms with Crippen molar-refractivity contribution >= 4 is 41.8 Å². The quantitative estimate of drug-likeness (QED) is 0.797. The van der Waals surface area contributed by atoms with E-state index >= 15 is 0 Å². The molecule has 146 valence electrons. The Bertz CT molecular complexity index is 727. The molecule has 3 heterocycles. The van der Waals surface area contributed by atoms with Gasteiger partial charge < -0.3 is 10.6 Å². The maximum Gasteiger partial charge on any atom is 0.252 e. The molecule has 2 aromatic heterocycles. The number of nitrogens with one attached hydrogen (secondary N) is 2. The zero-order valence-electron chi connectivity index (χ0n) is 15.5. The summed E-state index contributed by atoms with van der Waals surface area (Å²) >= 11 is 0. The van der Waals surface area contributed by atoms with Gasteiger partial charge in [-0.25, -0.2) is 9.67 Å². The molecule has 0 aromatic carbocycles. The third-order valence-electron chi connectivity index (χ3n) is 4.35. The summed E-state index contributed by atoms with van der Waals surface area (Å²) in [4.78, 5) is 19.5. The molecule has 26 heavy (non-hydrogen) atoms. The van der Waals surface area contributed by atoms with Crippen molar-refractivity contribution in [3.8, 4) is 0 Å². The molecule has 0 saturated carbocycles. The maximum atomic E-state index is 12.6. The number of hydrogen-bond acceptors (Lipinski definition) is 5. The molecule has 0 spiro atoms. The molecule has 0 bridgehead atoms. The fraction of sp³-hybridized carbons (Fsp3) is 0.588. The van der Waals surface area contributed by atoms with E-state index < -0.39 is 0 Å². The van der Waals surface area contributed by atoms with E-state index in [0.29, 0.717) is 12.1 Å². The van der Waals surface area contributed by atoms with Crippen LogP contribution in [0.15, 0.2) is 12.3 Å². The van der Waals surface area contributed by atoms with Gasteiger partial charge >= 0.3 is 0 Å². The van der Waals surface area contributed by atoms with Crippen molar-refractivity contribution in [3.05, 3.63) is 23.5 Å². The van der Waals surface area contributed by atoms with Crippen LogP contribution in [0.3, 0.4) is 0 Å². The Morgan fingerprint density at radius 2 is 2.00 bits per heavy atom. The van der Waals surface area contributed by atoms with Crippen LogP contribution in [0.25, 0.3) is 11.0 Å². The Morgan fingerprint density at radius 1 is 1.31 bits per heavy atom. The van der Waals surface area contributed by atoms with Crippen molar-refractivity contribution in [2.75, 3.05) is 39.3 Å². The van der Waals surface area contributed by atoms with Gasteiger partial charge in [-0.15, -0.1) is 24.8 Å². The molecule has 0 atom stereocenters. The summed E-state index contributed by atoms with van der Waals surface area (Å²) in [5.74, 6) is -0.0519. The van der Waals surface area contributed by atoms with Crippen LogP contribution in [0.1, 0.15) is 35.9 Å². The first-order valence-corrected chi connectivity index (χ1v) is 8.62. The summed E-state index contributed by atoms with van der Waals surface area (Å²) in [6.07, 6.45) is 1.74. The van der Waals surface area contributed by atoms with Crippen LogP contribution in [0.4, 0.5) is 0 Å². The lowest BCUT2D eigenvalue weighted by Gasteiger charge is -2.27. The summed E-state index contributed by atoms with van der Waals surface area (Å²) in [7, 11) is 0. The fourth-order valence-electron chi connectivity index (χ4n) is 3.07. The molecule has 2 aromatic rings. The molecule has 0 aliphatic carbocycles. The number of rotatable bonds is 5. The fourth-order valence-corrected chi connectivity index (χ4v) is 3.07. The first kappa shape index (κ1) is 22.6. The molecular weight excluding hydrogens is 375 g/mol. The molecule has 1 saturated heterocycles. The summed E-state index contributed by atoms with van der Waals surface area (Å²) in [6, 6.07) is 2.05. The Balaban J connectivity index is 0.00000169. The second-order valence-corrected chi connectivity index (χ2v) is 6.58. The van der Waals surface area contributed by atoms with E-state index in [4.69, 9.17) is 0 Å². The highest BCUT2D eigenvalue weighted by Crippen LogP contribution is 2.20. The number of pyridine rings is 1. The molecule has 0 unspecified atom stereocenters. The number of fused-ring (bicyclic) bond motifs is 1. The van der Waals surface area contributed by atoms with Gasteiger partial charge in [0.25, 0.3) is 5.91 Å². The number of amides is 1. The minimum atomic E-state index is -0.0519. The number of carbonyl (C=O) groups excluding carboxylic acids is 1. The lowest BCUT2D eigenvalue weighted by Crippen LogP contribution is -2.46. The number of piperazine rings is 1. The zero-order valence-corrected chi connectivity index (χ0v) is 17.1. The van der Waals surface area contributed by atoms with Gasteiger partial charge in [0.15, 0.2) is 5.65 Å². The summed E-state index contributed by atoms with van der Waals surface area (Å²) in [6.45, 7) is 11.7. The van der Waals surface area contributed by atoms with Crippen LogP contribution in [0.5, 0.6) is 0 Å². The van der Waals surface area contributed by atoms with Crippen molar-refractivity contribution < 1.29 is 4.79 Å². The minimum Gasteiger partial charge on any atom is -0.351 e. The van der Waals surface area contributed by atoms with Crippen LogP contribution in [-0.2, 0) is 0 Å². The second kappa shape index (κ2) is 10.1. The molecule has 1 aliphatic rings. The van der Waals surface area contributed by atoms with Gasteiger partial charge in [-0.1, -0.05) is 0 Å². The molecule has 9 heteroatoms. The molecular formula is C17H28Cl2N6O. The van der Waals surface area contributed by atoms with Gasteiger partial charge in [0, 0.05) is 51.0 Å². The second-order valence-electron chi connectivity index (χ2n) is 6.58. The topological polar surface area (TPSA) is 75.1 Å². The highest BCUT2D eigenvalue weighted by Gasteiger charge is 2.17. The van der Waals surface area contributed by atoms with Crippen molar-refractivity contribution in [2.24, 2.45) is 0 Å². The first-order chi connectivity index (χ1) is 11.6. The van der Waals surface area contributed by atoms with Crippen molar-refractivity contribution in [1.82, 2.24) is 30.3 Å². The van der Waals surface area contributed by atoms with Crippen LogP contribution in [0, 0.1) is 6.92 Å². The number of carbonyl (C=O) groups is 1. The van der Waals surface area contributed by atoms with E-state index in [1.165, 1.54) is 0 Å². The van der Waals surface area contributed by atoms with E-state index in [9.17, 15) is 4.79 Å². The standard InChI is InChI=1S/C17H26N6O.2ClH/c1-12(2)23-16-15(11-20-23)14(10-13(3)21-16)17(24)19-6-9-22-7-4-18-5-8-22;;/h10-12,18H,4-9H2,1-3H3,(H,19,24);2*1H. The Labute approximate surface area is 166 Å². The van der Waals surface area contributed by atoms with Crippen LogP contribution in [0.2, 0.25) is 0 Å². The highest BCUT2D eigenvalue weighted by molar-refractivity contribution is 6.05. The Kier molecular flexibility index (Phi) is 8.76. The van der Waals surface area contributed by atoms with E-state index in [1.807, 2.05) is 17.7 Å². The molecule has 1 aliphatic heterocycles. The number of nitrogens with zero attached hydrogens (tertiary/aromatic N) is 4. The van der Waals surface area contributed by atoms with Crippen LogP contribution >= 0.6 is 24.8 Å². The van der Waals surface area contributed by atoms with Crippen LogP contribution in [-0.4, -0.2) is 64.8 Å². The first-order valence-electron chi connectivity index (χ1n) is 8.62. The number of aromatic nitrogens is 3. The monoisotopic (exact) mass is 402 g/mol. The van der Waals surface area contributed by atoms with Crippen molar-refractivity contribution in [2.45, 2.75) is 26.8 Å².